The van der Waals surface area contributed by atoms with E-state index >= 15 is 0 Å². The average Bonchev–Trinajstić information content (AvgIpc) is 3.19. The third kappa shape index (κ3) is 4.86. The van der Waals surface area contributed by atoms with E-state index < -0.39 is 11.9 Å². The average molecular weight is 486 g/mol. The van der Waals surface area contributed by atoms with Crippen LogP contribution < -0.4 is 5.32 Å². The fourth-order valence-corrected chi connectivity index (χ4v) is 6.10. The van der Waals surface area contributed by atoms with Crippen LogP contribution in [0.2, 0.25) is 0 Å². The van der Waals surface area contributed by atoms with Crippen molar-refractivity contribution in [2.24, 2.45) is 5.92 Å². The number of hydrogen-bond acceptors (Lipinski definition) is 9. The number of methoxy groups -OCH3 is 2. The molecule has 1 aliphatic carbocycles. The van der Waals surface area contributed by atoms with E-state index in [0.717, 1.165) is 34.5 Å². The molecule has 0 fully saturated rings. The lowest BCUT2D eigenvalue weighted by Gasteiger charge is -2.18. The highest BCUT2D eigenvalue weighted by molar-refractivity contribution is 8.00. The molecular formula is C23H23N3O5S2. The zero-order valence-electron chi connectivity index (χ0n) is 18.5. The van der Waals surface area contributed by atoms with Crippen LogP contribution in [0.4, 0.5) is 5.69 Å². The lowest BCUT2D eigenvalue weighted by molar-refractivity contribution is -0.113. The third-order valence-electron chi connectivity index (χ3n) is 5.52. The van der Waals surface area contributed by atoms with Crippen molar-refractivity contribution in [1.82, 2.24) is 9.97 Å². The molecule has 0 spiro atoms. The van der Waals surface area contributed by atoms with Crippen molar-refractivity contribution in [3.63, 3.8) is 0 Å². The second-order valence-electron chi connectivity index (χ2n) is 7.79. The predicted octanol–water partition coefficient (Wildman–Crippen LogP) is 4.12. The van der Waals surface area contributed by atoms with E-state index in [-0.39, 0.29) is 28.5 Å². The number of esters is 2. The quantitative estimate of drug-likeness (QED) is 0.316. The Kier molecular flexibility index (Phi) is 6.94. The molecule has 8 nitrogen and oxygen atoms in total. The Labute approximate surface area is 199 Å². The first-order chi connectivity index (χ1) is 15.9. The van der Waals surface area contributed by atoms with Gasteiger partial charge in [-0.1, -0.05) is 18.7 Å². The summed E-state index contributed by atoms with van der Waals surface area (Å²) < 4.78 is 9.52. The summed E-state index contributed by atoms with van der Waals surface area (Å²) in [5.74, 6) is -0.792. The van der Waals surface area contributed by atoms with Crippen molar-refractivity contribution in [1.29, 1.82) is 0 Å². The van der Waals surface area contributed by atoms with Crippen molar-refractivity contribution < 1.29 is 23.9 Å². The second kappa shape index (κ2) is 9.88. The highest BCUT2D eigenvalue weighted by Gasteiger charge is 2.24. The number of aryl methyl sites for hydroxylation is 1. The van der Waals surface area contributed by atoms with Gasteiger partial charge in [-0.25, -0.2) is 19.6 Å². The maximum Gasteiger partial charge on any atom is 0.339 e. The van der Waals surface area contributed by atoms with Crippen LogP contribution in [0, 0.1) is 5.92 Å². The number of fused-ring (bicyclic) bond motifs is 3. The van der Waals surface area contributed by atoms with E-state index in [1.807, 2.05) is 0 Å². The van der Waals surface area contributed by atoms with Gasteiger partial charge in [0.2, 0.25) is 5.91 Å². The zero-order chi connectivity index (χ0) is 23.5. The smallest absolute Gasteiger partial charge is 0.339 e. The molecule has 172 valence electrons. The van der Waals surface area contributed by atoms with Gasteiger partial charge >= 0.3 is 11.9 Å². The van der Waals surface area contributed by atoms with Crippen LogP contribution in [0.1, 0.15) is 44.5 Å². The van der Waals surface area contributed by atoms with E-state index in [4.69, 9.17) is 9.47 Å². The number of thioether (sulfide) groups is 1. The molecule has 1 aliphatic rings. The van der Waals surface area contributed by atoms with Crippen LogP contribution in [0.15, 0.2) is 29.6 Å². The monoisotopic (exact) mass is 485 g/mol. The molecule has 4 rings (SSSR count). The summed E-state index contributed by atoms with van der Waals surface area (Å²) >= 11 is 3.03. The number of carbonyl (C=O) groups excluding carboxylic acids is 3. The summed E-state index contributed by atoms with van der Waals surface area (Å²) in [6.45, 7) is 2.26. The first-order valence-electron chi connectivity index (χ1n) is 10.4. The van der Waals surface area contributed by atoms with Crippen LogP contribution in [-0.2, 0) is 27.1 Å². The first-order valence-corrected chi connectivity index (χ1v) is 12.2. The standard InChI is InChI=1S/C23H23N3O5S2/c1-12-4-6-15-17(8-12)33-21-19(15)20(24-11-25-21)32-10-18(27)26-16-9-13(22(28)30-2)5-7-14(16)23(29)31-3/h5,7,9,11-12H,4,6,8,10H2,1-3H3,(H,26,27)/t12-/m0/s1. The summed E-state index contributed by atoms with van der Waals surface area (Å²) in [7, 11) is 2.51. The van der Waals surface area contributed by atoms with Crippen LogP contribution in [0.25, 0.3) is 10.2 Å². The number of ether oxygens (including phenoxy) is 2. The minimum atomic E-state index is -0.619. The van der Waals surface area contributed by atoms with Gasteiger partial charge in [0.25, 0.3) is 0 Å². The molecule has 1 amide bonds. The molecule has 1 N–H and O–H groups in total. The molecule has 2 heterocycles. The molecule has 1 aromatic carbocycles. The number of amides is 1. The van der Waals surface area contributed by atoms with Crippen molar-refractivity contribution in [3.8, 4) is 0 Å². The predicted molar refractivity (Wildman–Crippen MR) is 127 cm³/mol. The Morgan fingerprint density at radius 3 is 2.73 bits per heavy atom. The Bertz CT molecular complexity index is 1240. The SMILES string of the molecule is COC(=O)c1ccc(C(=O)OC)c(NC(=O)CSc2ncnc3sc4c(c23)CC[C@H](C)C4)c1. The number of benzene rings is 1. The van der Waals surface area contributed by atoms with Gasteiger partial charge in [-0.05, 0) is 48.9 Å². The largest absolute Gasteiger partial charge is 0.465 e. The summed E-state index contributed by atoms with van der Waals surface area (Å²) in [4.78, 5) is 47.9. The molecule has 0 radical (unpaired) electrons. The van der Waals surface area contributed by atoms with Crippen LogP contribution in [0.3, 0.4) is 0 Å². The Morgan fingerprint density at radius 2 is 1.97 bits per heavy atom. The number of nitrogens with zero attached hydrogens (tertiary/aromatic N) is 2. The van der Waals surface area contributed by atoms with Gasteiger partial charge in [-0.15, -0.1) is 11.3 Å². The van der Waals surface area contributed by atoms with Gasteiger partial charge in [0.15, 0.2) is 0 Å². The fraction of sp³-hybridized carbons (Fsp3) is 0.348. The summed E-state index contributed by atoms with van der Waals surface area (Å²) in [6, 6.07) is 4.27. The number of thiophene rings is 1. The maximum atomic E-state index is 12.8. The van der Waals surface area contributed by atoms with Crippen LogP contribution in [0.5, 0.6) is 0 Å². The molecule has 10 heteroatoms. The van der Waals surface area contributed by atoms with E-state index in [0.29, 0.717) is 5.92 Å². The lowest BCUT2D eigenvalue weighted by atomic mass is 9.89. The molecule has 33 heavy (non-hydrogen) atoms. The normalized spacial score (nSPS) is 15.1. The summed E-state index contributed by atoms with van der Waals surface area (Å²) in [5.41, 5.74) is 1.85. The molecule has 1 atom stereocenters. The van der Waals surface area contributed by atoms with E-state index in [1.165, 1.54) is 60.9 Å². The molecule has 3 aromatic rings. The van der Waals surface area contributed by atoms with Crippen LogP contribution in [-0.4, -0.2) is 47.8 Å². The Hall–Kier alpha value is -2.98. The number of hydrogen-bond donors (Lipinski definition) is 1. The second-order valence-corrected chi connectivity index (χ2v) is 9.84. The minimum Gasteiger partial charge on any atom is -0.465 e. The Balaban J connectivity index is 1.54. The maximum absolute atomic E-state index is 12.8. The van der Waals surface area contributed by atoms with E-state index in [1.54, 1.807) is 11.3 Å². The van der Waals surface area contributed by atoms with Crippen molar-refractivity contribution in [2.45, 2.75) is 31.2 Å². The minimum absolute atomic E-state index is 0.0796. The van der Waals surface area contributed by atoms with Gasteiger partial charge in [0.05, 0.1) is 36.8 Å². The number of rotatable bonds is 6. The molecule has 0 bridgehead atoms. The summed E-state index contributed by atoms with van der Waals surface area (Å²) in [5, 5.41) is 4.54. The van der Waals surface area contributed by atoms with Gasteiger partial charge in [-0.2, -0.15) is 0 Å². The highest BCUT2D eigenvalue weighted by Crippen LogP contribution is 2.40. The first kappa shape index (κ1) is 23.2. The molecular weight excluding hydrogens is 462 g/mol. The lowest BCUT2D eigenvalue weighted by Crippen LogP contribution is -2.18. The fourth-order valence-electron chi connectivity index (χ4n) is 3.86. The molecule has 0 saturated heterocycles. The number of aromatic nitrogens is 2. The molecule has 0 aliphatic heterocycles. The topological polar surface area (TPSA) is 107 Å². The Morgan fingerprint density at radius 1 is 1.18 bits per heavy atom. The molecule has 2 aromatic heterocycles. The molecule has 0 unspecified atom stereocenters. The zero-order valence-corrected chi connectivity index (χ0v) is 20.1. The third-order valence-corrected chi connectivity index (χ3v) is 7.67. The number of anilines is 1. The van der Waals surface area contributed by atoms with Crippen LogP contribution >= 0.6 is 23.1 Å². The van der Waals surface area contributed by atoms with Gasteiger partial charge in [0, 0.05) is 10.3 Å². The summed E-state index contributed by atoms with van der Waals surface area (Å²) in [6.07, 6.45) is 4.70. The van der Waals surface area contributed by atoms with E-state index in [9.17, 15) is 14.4 Å². The van der Waals surface area contributed by atoms with Crippen molar-refractivity contribution in [3.05, 3.63) is 46.1 Å². The number of carbonyl (C=O) groups is 3. The van der Waals surface area contributed by atoms with Crippen molar-refractivity contribution in [2.75, 3.05) is 25.3 Å². The number of nitrogens with one attached hydrogen (secondary N) is 1. The van der Waals surface area contributed by atoms with Gasteiger partial charge in [0.1, 0.15) is 16.2 Å². The highest BCUT2D eigenvalue weighted by atomic mass is 32.2. The molecule has 0 saturated carbocycles. The van der Waals surface area contributed by atoms with Gasteiger partial charge < -0.3 is 14.8 Å². The van der Waals surface area contributed by atoms with E-state index in [2.05, 4.69) is 22.2 Å². The van der Waals surface area contributed by atoms with Crippen molar-refractivity contribution >= 4 is 56.8 Å². The van der Waals surface area contributed by atoms with Gasteiger partial charge in [-0.3, -0.25) is 4.79 Å².